The van der Waals surface area contributed by atoms with Crippen LogP contribution in [0.1, 0.15) is 18.4 Å². The van der Waals surface area contributed by atoms with Crippen LogP contribution < -0.4 is 5.32 Å². The van der Waals surface area contributed by atoms with Crippen molar-refractivity contribution < 1.29 is 14.6 Å². The minimum absolute atomic E-state index is 0.131. The number of nitriles is 1. The van der Waals surface area contributed by atoms with Gasteiger partial charge in [-0.15, -0.1) is 0 Å². The van der Waals surface area contributed by atoms with Gasteiger partial charge < -0.3 is 15.2 Å². The maximum atomic E-state index is 12.0. The maximum Gasteiger partial charge on any atom is 0.225 e. The van der Waals surface area contributed by atoms with Crippen LogP contribution in [0.15, 0.2) is 24.3 Å². The first-order valence-electron chi connectivity index (χ1n) is 6.21. The molecule has 19 heavy (non-hydrogen) atoms. The summed E-state index contributed by atoms with van der Waals surface area (Å²) in [7, 11) is 0. The summed E-state index contributed by atoms with van der Waals surface area (Å²) >= 11 is 0. The summed E-state index contributed by atoms with van der Waals surface area (Å²) in [6.45, 7) is 0.972. The SMILES string of the molecule is N#CC1(NC(=O)Cc2cccc(O)c2)CCOCC1. The summed E-state index contributed by atoms with van der Waals surface area (Å²) in [5.41, 5.74) is -0.0933. The highest BCUT2D eigenvalue weighted by atomic mass is 16.5. The lowest BCUT2D eigenvalue weighted by atomic mass is 9.91. The van der Waals surface area contributed by atoms with Crippen LogP contribution in [-0.4, -0.2) is 29.8 Å². The zero-order valence-corrected chi connectivity index (χ0v) is 10.6. The van der Waals surface area contributed by atoms with Crippen molar-refractivity contribution in [3.63, 3.8) is 0 Å². The number of hydrogen-bond acceptors (Lipinski definition) is 4. The number of rotatable bonds is 3. The van der Waals surface area contributed by atoms with Crippen molar-refractivity contribution in [1.29, 1.82) is 5.26 Å². The second kappa shape index (κ2) is 5.72. The normalized spacial score (nSPS) is 17.4. The van der Waals surface area contributed by atoms with Gasteiger partial charge in [-0.25, -0.2) is 0 Å². The monoisotopic (exact) mass is 260 g/mol. The molecular weight excluding hydrogens is 244 g/mol. The average Bonchev–Trinajstić information content (AvgIpc) is 2.39. The minimum Gasteiger partial charge on any atom is -0.508 e. The smallest absolute Gasteiger partial charge is 0.225 e. The van der Waals surface area contributed by atoms with E-state index >= 15 is 0 Å². The van der Waals surface area contributed by atoms with Gasteiger partial charge in [0, 0.05) is 26.1 Å². The fourth-order valence-electron chi connectivity index (χ4n) is 2.15. The van der Waals surface area contributed by atoms with Gasteiger partial charge in [0.2, 0.25) is 5.91 Å². The molecule has 5 heteroatoms. The van der Waals surface area contributed by atoms with Crippen molar-refractivity contribution in [3.05, 3.63) is 29.8 Å². The average molecular weight is 260 g/mol. The van der Waals surface area contributed by atoms with Crippen LogP contribution in [0.5, 0.6) is 5.75 Å². The van der Waals surface area contributed by atoms with Crippen LogP contribution in [0.25, 0.3) is 0 Å². The van der Waals surface area contributed by atoms with Gasteiger partial charge in [0.1, 0.15) is 11.3 Å². The number of benzene rings is 1. The fraction of sp³-hybridized carbons (Fsp3) is 0.429. The second-order valence-electron chi connectivity index (χ2n) is 4.70. The molecule has 0 saturated carbocycles. The highest BCUT2D eigenvalue weighted by molar-refractivity contribution is 5.80. The van der Waals surface area contributed by atoms with E-state index in [4.69, 9.17) is 4.74 Å². The first kappa shape index (κ1) is 13.4. The van der Waals surface area contributed by atoms with E-state index in [0.29, 0.717) is 26.1 Å². The highest BCUT2D eigenvalue weighted by Crippen LogP contribution is 2.20. The van der Waals surface area contributed by atoms with Crippen molar-refractivity contribution in [2.45, 2.75) is 24.8 Å². The third kappa shape index (κ3) is 3.46. The summed E-state index contributed by atoms with van der Waals surface area (Å²) in [6, 6.07) is 8.73. The minimum atomic E-state index is -0.813. The van der Waals surface area contributed by atoms with Gasteiger partial charge in [0.15, 0.2) is 0 Å². The molecule has 0 radical (unpaired) electrons. The van der Waals surface area contributed by atoms with Crippen LogP contribution in [0, 0.1) is 11.3 Å². The molecule has 1 aliphatic heterocycles. The predicted molar refractivity (Wildman–Crippen MR) is 68.4 cm³/mol. The molecule has 2 N–H and O–H groups in total. The van der Waals surface area contributed by atoms with E-state index in [-0.39, 0.29) is 18.1 Å². The lowest BCUT2D eigenvalue weighted by Gasteiger charge is -2.31. The van der Waals surface area contributed by atoms with Crippen LogP contribution >= 0.6 is 0 Å². The number of carbonyl (C=O) groups excluding carboxylic acids is 1. The number of nitrogens with one attached hydrogen (secondary N) is 1. The Morgan fingerprint density at radius 2 is 2.21 bits per heavy atom. The third-order valence-corrected chi connectivity index (χ3v) is 3.21. The maximum absolute atomic E-state index is 12.0. The lowest BCUT2D eigenvalue weighted by Crippen LogP contribution is -2.51. The Morgan fingerprint density at radius 3 is 2.84 bits per heavy atom. The number of phenolic OH excluding ortho intramolecular Hbond substituents is 1. The molecule has 1 fully saturated rings. The van der Waals surface area contributed by atoms with Gasteiger partial charge >= 0.3 is 0 Å². The summed E-state index contributed by atoms with van der Waals surface area (Å²) in [4.78, 5) is 12.0. The molecule has 100 valence electrons. The Bertz CT molecular complexity index is 502. The van der Waals surface area contributed by atoms with E-state index in [1.54, 1.807) is 24.3 Å². The molecule has 1 amide bonds. The van der Waals surface area contributed by atoms with E-state index < -0.39 is 5.54 Å². The Kier molecular flexibility index (Phi) is 4.03. The molecule has 5 nitrogen and oxygen atoms in total. The Hall–Kier alpha value is -2.06. The third-order valence-electron chi connectivity index (χ3n) is 3.21. The molecule has 0 bridgehead atoms. The van der Waals surface area contributed by atoms with Gasteiger partial charge in [0.05, 0.1) is 12.5 Å². The molecule has 0 atom stereocenters. The molecule has 0 spiro atoms. The Balaban J connectivity index is 1.99. The van der Waals surface area contributed by atoms with Crippen molar-refractivity contribution in [3.8, 4) is 11.8 Å². The van der Waals surface area contributed by atoms with Crippen LogP contribution in [0.2, 0.25) is 0 Å². The number of amides is 1. The number of phenols is 1. The summed E-state index contributed by atoms with van der Waals surface area (Å²) < 4.78 is 5.21. The van der Waals surface area contributed by atoms with Gasteiger partial charge in [-0.1, -0.05) is 12.1 Å². The number of nitrogens with zero attached hydrogens (tertiary/aromatic N) is 1. The summed E-state index contributed by atoms with van der Waals surface area (Å²) in [5, 5.41) is 21.4. The molecule has 0 unspecified atom stereocenters. The first-order valence-corrected chi connectivity index (χ1v) is 6.21. The van der Waals surface area contributed by atoms with Crippen molar-refractivity contribution in [2.24, 2.45) is 0 Å². The molecule has 1 aromatic rings. The van der Waals surface area contributed by atoms with E-state index in [1.165, 1.54) is 0 Å². The molecule has 1 aromatic carbocycles. The van der Waals surface area contributed by atoms with Gasteiger partial charge in [0.25, 0.3) is 0 Å². The molecule has 1 heterocycles. The quantitative estimate of drug-likeness (QED) is 0.853. The standard InChI is InChI=1S/C14H16N2O3/c15-10-14(4-6-19-7-5-14)16-13(18)9-11-2-1-3-12(17)8-11/h1-3,8,17H,4-7,9H2,(H,16,18). The molecule has 0 aliphatic carbocycles. The number of aromatic hydroxyl groups is 1. The van der Waals surface area contributed by atoms with Crippen LogP contribution in [-0.2, 0) is 16.0 Å². The molecule has 2 rings (SSSR count). The van der Waals surface area contributed by atoms with Gasteiger partial charge in [-0.05, 0) is 17.7 Å². The van der Waals surface area contributed by atoms with E-state index in [0.717, 1.165) is 5.56 Å². The number of ether oxygens (including phenoxy) is 1. The first-order chi connectivity index (χ1) is 9.13. The van der Waals surface area contributed by atoms with E-state index in [2.05, 4.69) is 11.4 Å². The number of hydrogen-bond donors (Lipinski definition) is 2. The zero-order chi connectivity index (χ0) is 13.7. The molecule has 1 saturated heterocycles. The Morgan fingerprint density at radius 1 is 1.47 bits per heavy atom. The van der Waals surface area contributed by atoms with Crippen molar-refractivity contribution in [1.82, 2.24) is 5.32 Å². The largest absolute Gasteiger partial charge is 0.508 e. The molecule has 0 aromatic heterocycles. The Labute approximate surface area is 111 Å². The lowest BCUT2D eigenvalue weighted by molar-refractivity contribution is -0.122. The van der Waals surface area contributed by atoms with Gasteiger partial charge in [-0.2, -0.15) is 5.26 Å². The van der Waals surface area contributed by atoms with Crippen LogP contribution in [0.3, 0.4) is 0 Å². The van der Waals surface area contributed by atoms with Crippen LogP contribution in [0.4, 0.5) is 0 Å². The van der Waals surface area contributed by atoms with Crippen molar-refractivity contribution >= 4 is 5.91 Å². The highest BCUT2D eigenvalue weighted by Gasteiger charge is 2.34. The molecular formula is C14H16N2O3. The topological polar surface area (TPSA) is 82.4 Å². The summed E-state index contributed by atoms with van der Waals surface area (Å²) in [5.74, 6) is -0.0830. The second-order valence-corrected chi connectivity index (χ2v) is 4.70. The van der Waals surface area contributed by atoms with E-state index in [9.17, 15) is 15.2 Å². The van der Waals surface area contributed by atoms with Crippen molar-refractivity contribution in [2.75, 3.05) is 13.2 Å². The molecule has 1 aliphatic rings. The van der Waals surface area contributed by atoms with E-state index in [1.807, 2.05) is 0 Å². The van der Waals surface area contributed by atoms with Gasteiger partial charge in [-0.3, -0.25) is 4.79 Å². The summed E-state index contributed by atoms with van der Waals surface area (Å²) in [6.07, 6.45) is 1.17. The zero-order valence-electron chi connectivity index (χ0n) is 10.6. The predicted octanol–water partition coefficient (Wildman–Crippen LogP) is 1.12. The fourth-order valence-corrected chi connectivity index (χ4v) is 2.15. The number of carbonyl (C=O) groups is 1.